The predicted octanol–water partition coefficient (Wildman–Crippen LogP) is 5.27. The van der Waals surface area contributed by atoms with E-state index in [4.69, 9.17) is 9.29 Å². The van der Waals surface area contributed by atoms with E-state index in [1.165, 1.54) is 17.7 Å². The van der Waals surface area contributed by atoms with Gasteiger partial charge in [-0.25, -0.2) is 4.39 Å². The molecule has 0 unspecified atom stereocenters. The van der Waals surface area contributed by atoms with Crippen molar-refractivity contribution >= 4 is 39.4 Å². The number of anilines is 1. The maximum atomic E-state index is 14.9. The summed E-state index contributed by atoms with van der Waals surface area (Å²) in [5, 5.41) is 6.76. The second kappa shape index (κ2) is 14.5. The average molecular weight is 667 g/mol. The quantitative estimate of drug-likeness (QED) is 0.155. The lowest BCUT2D eigenvalue weighted by Crippen LogP contribution is -2.35. The molecule has 5 rings (SSSR count). The highest BCUT2D eigenvalue weighted by atomic mass is 32.2. The summed E-state index contributed by atoms with van der Waals surface area (Å²) in [6, 6.07) is 15.8. The number of aryl methyl sites for hydroxylation is 1. The Morgan fingerprint density at radius 2 is 1.93 bits per heavy atom. The van der Waals surface area contributed by atoms with Crippen molar-refractivity contribution in [1.82, 2.24) is 15.1 Å². The predicted molar refractivity (Wildman–Crippen MR) is 176 cm³/mol. The first-order valence-corrected chi connectivity index (χ1v) is 17.4. The van der Waals surface area contributed by atoms with Crippen molar-refractivity contribution in [3.63, 3.8) is 0 Å². The van der Waals surface area contributed by atoms with E-state index < -0.39 is 27.6 Å². The molecule has 0 aliphatic carbocycles. The zero-order chi connectivity index (χ0) is 32.8. The van der Waals surface area contributed by atoms with Gasteiger partial charge in [0.05, 0.1) is 30.8 Å². The van der Waals surface area contributed by atoms with Crippen LogP contribution in [0.1, 0.15) is 39.9 Å². The monoisotopic (exact) mass is 666 g/mol. The topological polar surface area (TPSA) is 131 Å². The number of thioether (sulfide) groups is 1. The molecule has 4 aromatic rings. The van der Waals surface area contributed by atoms with E-state index in [9.17, 15) is 22.4 Å². The molecule has 0 atom stereocenters. The van der Waals surface area contributed by atoms with E-state index in [-0.39, 0.29) is 24.6 Å². The van der Waals surface area contributed by atoms with Gasteiger partial charge in [0, 0.05) is 58.6 Å². The van der Waals surface area contributed by atoms with Crippen LogP contribution in [0.4, 0.5) is 10.1 Å². The standard InChI is InChI=1S/C33H35FN4O6S2/c1-22-6-3-9-30(23(22)2)44-15-5-10-31(39)38-14-16-45-32-27(7-4-8-29(32)38)26-19-36-37(21-26)20-25-12-11-24(18-28(25)34)33(40)35-13-17-46(41,42)43/h3-4,6-9,11-12,18-19,21H,5,10,13-17,20H2,1-2H3,(H,35,40)(H,41,42,43). The number of halogens is 1. The molecule has 2 amide bonds. The second-order valence-electron chi connectivity index (χ2n) is 11.0. The van der Waals surface area contributed by atoms with Crippen LogP contribution < -0.4 is 15.0 Å². The van der Waals surface area contributed by atoms with E-state index in [2.05, 4.69) is 10.4 Å². The van der Waals surface area contributed by atoms with Crippen LogP contribution >= 0.6 is 11.8 Å². The van der Waals surface area contributed by atoms with E-state index in [1.54, 1.807) is 22.6 Å². The van der Waals surface area contributed by atoms with Gasteiger partial charge in [-0.3, -0.25) is 18.8 Å². The van der Waals surface area contributed by atoms with Crippen LogP contribution in [0.15, 0.2) is 71.9 Å². The number of carbonyl (C=O) groups is 2. The first kappa shape index (κ1) is 33.2. The highest BCUT2D eigenvalue weighted by Gasteiger charge is 2.25. The van der Waals surface area contributed by atoms with Gasteiger partial charge >= 0.3 is 0 Å². The Labute approximate surface area is 271 Å². The lowest BCUT2D eigenvalue weighted by atomic mass is 10.1. The minimum Gasteiger partial charge on any atom is -0.493 e. The number of fused-ring (bicyclic) bond motifs is 1. The number of rotatable bonds is 12. The molecule has 2 heterocycles. The van der Waals surface area contributed by atoms with Crippen LogP contribution in [-0.2, 0) is 21.5 Å². The summed E-state index contributed by atoms with van der Waals surface area (Å²) >= 11 is 1.69. The maximum absolute atomic E-state index is 14.9. The third-order valence-electron chi connectivity index (χ3n) is 7.73. The number of amides is 2. The zero-order valence-corrected chi connectivity index (χ0v) is 27.2. The van der Waals surface area contributed by atoms with Gasteiger partial charge in [-0.15, -0.1) is 11.8 Å². The molecule has 1 aromatic heterocycles. The Balaban J connectivity index is 1.22. The number of hydrogen-bond acceptors (Lipinski definition) is 7. The Morgan fingerprint density at radius 1 is 1.13 bits per heavy atom. The van der Waals surface area contributed by atoms with Crippen LogP contribution in [0.5, 0.6) is 5.75 Å². The number of nitrogens with zero attached hydrogens (tertiary/aromatic N) is 3. The molecule has 0 spiro atoms. The number of hydrogen-bond donors (Lipinski definition) is 2. The summed E-state index contributed by atoms with van der Waals surface area (Å²) in [6.07, 6.45) is 4.50. The third kappa shape index (κ3) is 8.14. The van der Waals surface area contributed by atoms with Crippen molar-refractivity contribution in [2.24, 2.45) is 0 Å². The smallest absolute Gasteiger partial charge is 0.266 e. The maximum Gasteiger partial charge on any atom is 0.266 e. The lowest BCUT2D eigenvalue weighted by Gasteiger charge is -2.30. The molecule has 13 heteroatoms. The molecular formula is C33H35FN4O6S2. The molecule has 242 valence electrons. The Kier molecular flexibility index (Phi) is 10.4. The zero-order valence-electron chi connectivity index (χ0n) is 25.5. The summed E-state index contributed by atoms with van der Waals surface area (Å²) < 4.78 is 52.9. The molecule has 0 radical (unpaired) electrons. The Morgan fingerprint density at radius 3 is 2.72 bits per heavy atom. The number of carbonyl (C=O) groups excluding carboxylic acids is 2. The number of nitrogens with one attached hydrogen (secondary N) is 1. The number of ether oxygens (including phenoxy) is 1. The summed E-state index contributed by atoms with van der Waals surface area (Å²) in [5.74, 6) is -0.256. The average Bonchev–Trinajstić information content (AvgIpc) is 3.49. The summed E-state index contributed by atoms with van der Waals surface area (Å²) in [7, 11) is -4.22. The molecule has 0 fully saturated rings. The van der Waals surface area contributed by atoms with Gasteiger partial charge in [-0.1, -0.05) is 30.3 Å². The fourth-order valence-electron chi connectivity index (χ4n) is 5.13. The van der Waals surface area contributed by atoms with Crippen LogP contribution in [0.3, 0.4) is 0 Å². The number of aromatic nitrogens is 2. The van der Waals surface area contributed by atoms with E-state index in [0.717, 1.165) is 44.8 Å². The highest BCUT2D eigenvalue weighted by molar-refractivity contribution is 7.99. The fourth-order valence-corrected chi connectivity index (χ4v) is 6.64. The van der Waals surface area contributed by atoms with Crippen molar-refractivity contribution in [3.8, 4) is 16.9 Å². The largest absolute Gasteiger partial charge is 0.493 e. The molecule has 2 N–H and O–H groups in total. The molecule has 0 bridgehead atoms. The third-order valence-corrected chi connectivity index (χ3v) is 9.56. The SMILES string of the molecule is Cc1cccc(OCCCC(=O)N2CCSc3c(-c4cnn(Cc5ccc(C(=O)NCCS(=O)(=O)O)cc5F)c4)cccc32)c1C. The van der Waals surface area contributed by atoms with Crippen molar-refractivity contribution in [1.29, 1.82) is 0 Å². The highest BCUT2D eigenvalue weighted by Crippen LogP contribution is 2.42. The molecule has 0 saturated carbocycles. The molecular weight excluding hydrogens is 632 g/mol. The van der Waals surface area contributed by atoms with Crippen molar-refractivity contribution in [2.75, 3.05) is 36.1 Å². The van der Waals surface area contributed by atoms with Crippen molar-refractivity contribution in [2.45, 2.75) is 38.1 Å². The summed E-state index contributed by atoms with van der Waals surface area (Å²) in [5.41, 5.74) is 5.23. The molecule has 46 heavy (non-hydrogen) atoms. The van der Waals surface area contributed by atoms with Crippen LogP contribution in [0, 0.1) is 19.7 Å². The Hall–Kier alpha value is -4.20. The second-order valence-corrected chi connectivity index (χ2v) is 13.6. The van der Waals surface area contributed by atoms with Crippen LogP contribution in [0.2, 0.25) is 0 Å². The number of benzene rings is 3. The van der Waals surface area contributed by atoms with Gasteiger partial charge in [0.25, 0.3) is 16.0 Å². The lowest BCUT2D eigenvalue weighted by molar-refractivity contribution is -0.118. The minimum absolute atomic E-state index is 0.0266. The first-order valence-electron chi connectivity index (χ1n) is 14.8. The summed E-state index contributed by atoms with van der Waals surface area (Å²) in [6.45, 7) is 4.97. The van der Waals surface area contributed by atoms with Gasteiger partial charge in [0.15, 0.2) is 0 Å². The van der Waals surface area contributed by atoms with E-state index >= 15 is 0 Å². The Bertz CT molecular complexity index is 1860. The van der Waals surface area contributed by atoms with Gasteiger partial charge in [-0.2, -0.15) is 13.5 Å². The molecule has 1 aliphatic heterocycles. The van der Waals surface area contributed by atoms with Crippen LogP contribution in [-0.4, -0.2) is 65.8 Å². The van der Waals surface area contributed by atoms with Crippen molar-refractivity contribution in [3.05, 3.63) is 95.1 Å². The molecule has 10 nitrogen and oxygen atoms in total. The van der Waals surface area contributed by atoms with Crippen LogP contribution in [0.25, 0.3) is 11.1 Å². The van der Waals surface area contributed by atoms with E-state index in [0.29, 0.717) is 31.6 Å². The minimum atomic E-state index is -4.22. The first-order chi connectivity index (χ1) is 22.0. The van der Waals surface area contributed by atoms with Gasteiger partial charge in [0.2, 0.25) is 5.91 Å². The molecule has 3 aromatic carbocycles. The molecule has 0 saturated heterocycles. The van der Waals surface area contributed by atoms with Gasteiger partial charge < -0.3 is 15.0 Å². The normalized spacial score (nSPS) is 12.9. The van der Waals surface area contributed by atoms with E-state index in [1.807, 2.05) is 61.3 Å². The molecule has 1 aliphatic rings. The van der Waals surface area contributed by atoms with Crippen molar-refractivity contribution < 1.29 is 31.7 Å². The summed E-state index contributed by atoms with van der Waals surface area (Å²) in [4.78, 5) is 28.4. The van der Waals surface area contributed by atoms with Gasteiger partial charge in [0.1, 0.15) is 11.6 Å². The van der Waals surface area contributed by atoms with Gasteiger partial charge in [-0.05, 0) is 55.7 Å². The fraction of sp³-hybridized carbons (Fsp3) is 0.303.